The molecule has 0 aromatic rings. The van der Waals surface area contributed by atoms with Crippen molar-refractivity contribution < 1.29 is 19.0 Å². The SMILES string of the molecule is CCCCCCCC/C=C\CCCCCCCC(=O)OC(COCCCCCCCCCCCCCCCCCC)COCCCCCCCCCCCCCCCCCC. The minimum atomic E-state index is -0.294. The normalized spacial score (nSPS) is 11.8. The quantitative estimate of drug-likeness (QED) is 0.0347. The molecule has 0 unspecified atom stereocenters. The highest BCUT2D eigenvalue weighted by atomic mass is 16.6. The van der Waals surface area contributed by atoms with Crippen LogP contribution in [0.2, 0.25) is 0 Å². The molecule has 0 atom stereocenters. The molecule has 0 aromatic heterocycles. The van der Waals surface area contributed by atoms with E-state index in [1.165, 1.54) is 263 Å². The van der Waals surface area contributed by atoms with Gasteiger partial charge in [0, 0.05) is 19.6 Å². The van der Waals surface area contributed by atoms with Gasteiger partial charge in [0.05, 0.1) is 13.2 Å². The van der Waals surface area contributed by atoms with Gasteiger partial charge in [0.15, 0.2) is 0 Å². The van der Waals surface area contributed by atoms with Crippen molar-refractivity contribution in [3.05, 3.63) is 12.2 Å². The van der Waals surface area contributed by atoms with E-state index in [0.29, 0.717) is 19.6 Å². The number of carbonyl (C=O) groups is 1. The summed E-state index contributed by atoms with van der Waals surface area (Å²) >= 11 is 0. The first-order valence-electron chi connectivity index (χ1n) is 28.2. The molecule has 0 aliphatic heterocycles. The highest BCUT2D eigenvalue weighted by Crippen LogP contribution is 2.16. The van der Waals surface area contributed by atoms with E-state index in [1.54, 1.807) is 0 Å². The topological polar surface area (TPSA) is 44.8 Å². The molecule has 0 saturated carbocycles. The molecular formula is C57H112O4. The fraction of sp³-hybridized carbons (Fsp3) is 0.947. The summed E-state index contributed by atoms with van der Waals surface area (Å²) in [6.45, 7) is 9.29. The molecule has 0 heterocycles. The van der Waals surface area contributed by atoms with E-state index in [4.69, 9.17) is 14.2 Å². The number of hydrogen-bond acceptors (Lipinski definition) is 4. The maximum Gasteiger partial charge on any atom is 0.306 e. The average molecular weight is 862 g/mol. The lowest BCUT2D eigenvalue weighted by atomic mass is 10.0. The summed E-state index contributed by atoms with van der Waals surface area (Å²) in [5.41, 5.74) is 0. The van der Waals surface area contributed by atoms with Gasteiger partial charge in [0.2, 0.25) is 0 Å². The zero-order valence-corrected chi connectivity index (χ0v) is 42.2. The zero-order valence-electron chi connectivity index (χ0n) is 42.2. The first-order valence-corrected chi connectivity index (χ1v) is 28.2. The third kappa shape index (κ3) is 53.4. The van der Waals surface area contributed by atoms with Crippen molar-refractivity contribution in [2.75, 3.05) is 26.4 Å². The Balaban J connectivity index is 4.10. The van der Waals surface area contributed by atoms with Crippen molar-refractivity contribution in [3.8, 4) is 0 Å². The Labute approximate surface area is 384 Å². The molecule has 0 N–H and O–H groups in total. The summed E-state index contributed by atoms with van der Waals surface area (Å²) in [5, 5.41) is 0. The summed E-state index contributed by atoms with van der Waals surface area (Å²) in [5.74, 6) is -0.0837. The smallest absolute Gasteiger partial charge is 0.306 e. The number of unbranched alkanes of at least 4 members (excludes halogenated alkanes) is 41. The molecule has 0 aliphatic carbocycles. The minimum Gasteiger partial charge on any atom is -0.457 e. The van der Waals surface area contributed by atoms with Crippen LogP contribution in [0, 0.1) is 0 Å². The lowest BCUT2D eigenvalue weighted by Crippen LogP contribution is -2.29. The van der Waals surface area contributed by atoms with Crippen LogP contribution in [0.1, 0.15) is 316 Å². The number of ether oxygens (including phenoxy) is 3. The van der Waals surface area contributed by atoms with Gasteiger partial charge >= 0.3 is 5.97 Å². The van der Waals surface area contributed by atoms with Crippen molar-refractivity contribution in [1.29, 1.82) is 0 Å². The Morgan fingerprint density at radius 3 is 0.869 bits per heavy atom. The Morgan fingerprint density at radius 2 is 0.574 bits per heavy atom. The Bertz CT molecular complexity index is 786. The third-order valence-electron chi connectivity index (χ3n) is 12.8. The van der Waals surface area contributed by atoms with E-state index in [-0.39, 0.29) is 12.1 Å². The Morgan fingerprint density at radius 1 is 0.328 bits per heavy atom. The summed E-state index contributed by atoms with van der Waals surface area (Å²) in [7, 11) is 0. The Kier molecular flexibility index (Phi) is 54.5. The zero-order chi connectivity index (χ0) is 44.0. The molecule has 0 bridgehead atoms. The molecule has 0 amide bonds. The predicted octanol–water partition coefficient (Wildman–Crippen LogP) is 19.5. The van der Waals surface area contributed by atoms with Crippen molar-refractivity contribution in [2.24, 2.45) is 0 Å². The molecule has 0 rings (SSSR count). The first-order chi connectivity index (χ1) is 30.2. The number of hydrogen-bond donors (Lipinski definition) is 0. The maximum absolute atomic E-state index is 12.8. The predicted molar refractivity (Wildman–Crippen MR) is 270 cm³/mol. The molecular weight excluding hydrogens is 749 g/mol. The van der Waals surface area contributed by atoms with Crippen LogP contribution in [-0.4, -0.2) is 38.5 Å². The molecule has 0 fully saturated rings. The molecule has 364 valence electrons. The minimum absolute atomic E-state index is 0.0837. The fourth-order valence-corrected chi connectivity index (χ4v) is 8.64. The number of carbonyl (C=O) groups excluding carboxylic acids is 1. The van der Waals surface area contributed by atoms with E-state index < -0.39 is 0 Å². The molecule has 0 aliphatic rings. The van der Waals surface area contributed by atoms with E-state index in [1.807, 2.05) is 0 Å². The average Bonchev–Trinajstić information content (AvgIpc) is 3.26. The second-order valence-electron chi connectivity index (χ2n) is 19.2. The first kappa shape index (κ1) is 60.1. The molecule has 0 radical (unpaired) electrons. The Hall–Kier alpha value is -0.870. The van der Waals surface area contributed by atoms with Crippen molar-refractivity contribution >= 4 is 5.97 Å². The van der Waals surface area contributed by atoms with Crippen LogP contribution in [0.25, 0.3) is 0 Å². The van der Waals surface area contributed by atoms with E-state index in [0.717, 1.165) is 38.9 Å². The van der Waals surface area contributed by atoms with Crippen LogP contribution in [0.15, 0.2) is 12.2 Å². The standard InChI is InChI=1S/C57H112O4/c1-4-7-10-13-16-19-22-25-28-31-34-37-40-43-46-49-52-59-54-56(55-60-53-50-47-44-41-38-35-32-29-26-23-20-17-14-11-8-5-2)61-57(58)51-48-45-42-39-36-33-30-27-24-21-18-15-12-9-6-3/h27,30,56H,4-26,28-29,31-55H2,1-3H3/b30-27-. The molecule has 61 heavy (non-hydrogen) atoms. The monoisotopic (exact) mass is 861 g/mol. The van der Waals surface area contributed by atoms with Crippen LogP contribution < -0.4 is 0 Å². The largest absolute Gasteiger partial charge is 0.457 e. The number of allylic oxidation sites excluding steroid dienone is 2. The lowest BCUT2D eigenvalue weighted by Gasteiger charge is -2.18. The lowest BCUT2D eigenvalue weighted by molar-refractivity contribution is -0.156. The highest BCUT2D eigenvalue weighted by molar-refractivity contribution is 5.69. The van der Waals surface area contributed by atoms with Crippen LogP contribution in [0.4, 0.5) is 0 Å². The van der Waals surface area contributed by atoms with Gasteiger partial charge in [0.1, 0.15) is 6.10 Å². The molecule has 4 nitrogen and oxygen atoms in total. The van der Waals surface area contributed by atoms with Crippen LogP contribution in [0.3, 0.4) is 0 Å². The van der Waals surface area contributed by atoms with Crippen molar-refractivity contribution in [1.82, 2.24) is 0 Å². The van der Waals surface area contributed by atoms with Gasteiger partial charge < -0.3 is 14.2 Å². The molecule has 4 heteroatoms. The number of esters is 1. The van der Waals surface area contributed by atoms with Gasteiger partial charge in [-0.3, -0.25) is 4.79 Å². The van der Waals surface area contributed by atoms with Gasteiger partial charge in [-0.1, -0.05) is 277 Å². The van der Waals surface area contributed by atoms with Gasteiger partial charge in [-0.2, -0.15) is 0 Å². The highest BCUT2D eigenvalue weighted by Gasteiger charge is 2.15. The maximum atomic E-state index is 12.8. The number of rotatable bonds is 54. The summed E-state index contributed by atoms with van der Waals surface area (Å²) < 4.78 is 18.1. The van der Waals surface area contributed by atoms with Crippen molar-refractivity contribution in [3.63, 3.8) is 0 Å². The second-order valence-corrected chi connectivity index (χ2v) is 19.2. The van der Waals surface area contributed by atoms with Gasteiger partial charge in [0.25, 0.3) is 0 Å². The summed E-state index contributed by atoms with van der Waals surface area (Å²) in [4.78, 5) is 12.8. The molecule has 0 spiro atoms. The van der Waals surface area contributed by atoms with Crippen LogP contribution >= 0.6 is 0 Å². The van der Waals surface area contributed by atoms with Gasteiger partial charge in [-0.25, -0.2) is 0 Å². The van der Waals surface area contributed by atoms with E-state index in [9.17, 15) is 4.79 Å². The van der Waals surface area contributed by atoms with Gasteiger partial charge in [-0.05, 0) is 44.9 Å². The summed E-state index contributed by atoms with van der Waals surface area (Å²) in [6, 6.07) is 0. The third-order valence-corrected chi connectivity index (χ3v) is 12.8. The fourth-order valence-electron chi connectivity index (χ4n) is 8.64. The molecule has 0 aromatic carbocycles. The van der Waals surface area contributed by atoms with Crippen molar-refractivity contribution in [2.45, 2.75) is 322 Å². The van der Waals surface area contributed by atoms with Crippen LogP contribution in [0.5, 0.6) is 0 Å². The van der Waals surface area contributed by atoms with Crippen LogP contribution in [-0.2, 0) is 19.0 Å². The summed E-state index contributed by atoms with van der Waals surface area (Å²) in [6.07, 6.45) is 65.4. The van der Waals surface area contributed by atoms with Gasteiger partial charge in [-0.15, -0.1) is 0 Å². The van der Waals surface area contributed by atoms with E-state index in [2.05, 4.69) is 32.9 Å². The second kappa shape index (κ2) is 55.3. The molecule has 0 saturated heterocycles. The van der Waals surface area contributed by atoms with E-state index >= 15 is 0 Å².